The van der Waals surface area contributed by atoms with Crippen molar-refractivity contribution in [2.75, 3.05) is 20.6 Å². The van der Waals surface area contributed by atoms with Crippen LogP contribution in [0, 0.1) is 0 Å². The fourth-order valence-electron chi connectivity index (χ4n) is 1.68. The molecule has 1 fully saturated rings. The molecular weight excluding hydrogens is 202 g/mol. The van der Waals surface area contributed by atoms with E-state index >= 15 is 0 Å². The van der Waals surface area contributed by atoms with Crippen LogP contribution in [0.2, 0.25) is 0 Å². The van der Waals surface area contributed by atoms with E-state index in [4.69, 9.17) is 5.73 Å². The van der Waals surface area contributed by atoms with Gasteiger partial charge in [0.05, 0.1) is 0 Å². The topological polar surface area (TPSA) is 66.6 Å². The highest BCUT2D eigenvalue weighted by Gasteiger charge is 2.34. The van der Waals surface area contributed by atoms with Crippen LogP contribution < -0.4 is 5.73 Å². The molecule has 2 N–H and O–H groups in total. The molecule has 14 heavy (non-hydrogen) atoms. The average molecular weight is 221 g/mol. The lowest BCUT2D eigenvalue weighted by atomic mass is 10.0. The molecule has 0 bridgehead atoms. The van der Waals surface area contributed by atoms with E-state index in [1.165, 1.54) is 8.61 Å². The van der Waals surface area contributed by atoms with E-state index in [2.05, 4.69) is 0 Å². The van der Waals surface area contributed by atoms with Crippen molar-refractivity contribution in [2.24, 2.45) is 5.73 Å². The van der Waals surface area contributed by atoms with Crippen LogP contribution in [0.3, 0.4) is 0 Å². The summed E-state index contributed by atoms with van der Waals surface area (Å²) in [5.41, 5.74) is 5.84. The van der Waals surface area contributed by atoms with Crippen LogP contribution in [0.25, 0.3) is 0 Å². The Morgan fingerprint density at radius 2 is 2.00 bits per heavy atom. The first-order valence-corrected chi connectivity index (χ1v) is 6.22. The molecule has 84 valence electrons. The zero-order valence-electron chi connectivity index (χ0n) is 8.97. The van der Waals surface area contributed by atoms with Gasteiger partial charge in [0.25, 0.3) is 10.2 Å². The molecule has 0 aromatic rings. The second kappa shape index (κ2) is 4.14. The van der Waals surface area contributed by atoms with E-state index in [-0.39, 0.29) is 12.1 Å². The minimum Gasteiger partial charge on any atom is -0.326 e. The standard InChI is InChI=1S/C8H19N3O2S/c1-7-8(9)5-4-6-11(7)14(12,13)10(2)3/h7-8H,4-6,9H2,1-3H3/t7-,8-/m1/s1. The van der Waals surface area contributed by atoms with Gasteiger partial charge in [-0.25, -0.2) is 0 Å². The summed E-state index contributed by atoms with van der Waals surface area (Å²) in [5.74, 6) is 0. The summed E-state index contributed by atoms with van der Waals surface area (Å²) < 4.78 is 26.4. The first kappa shape index (κ1) is 11.9. The SMILES string of the molecule is C[C@@H]1[C@H](N)CCCN1S(=O)(=O)N(C)C. The van der Waals surface area contributed by atoms with E-state index in [0.717, 1.165) is 12.8 Å². The summed E-state index contributed by atoms with van der Waals surface area (Å²) in [7, 11) is -0.208. The summed E-state index contributed by atoms with van der Waals surface area (Å²) in [6.07, 6.45) is 1.75. The Labute approximate surface area is 86.0 Å². The molecule has 5 nitrogen and oxygen atoms in total. The maximum Gasteiger partial charge on any atom is 0.281 e. The third-order valence-corrected chi connectivity index (χ3v) is 4.78. The largest absolute Gasteiger partial charge is 0.326 e. The van der Waals surface area contributed by atoms with Gasteiger partial charge in [-0.1, -0.05) is 0 Å². The van der Waals surface area contributed by atoms with Crippen LogP contribution >= 0.6 is 0 Å². The van der Waals surface area contributed by atoms with Crippen molar-refractivity contribution in [3.8, 4) is 0 Å². The fourth-order valence-corrected chi connectivity index (χ4v) is 3.03. The molecule has 0 spiro atoms. The Morgan fingerprint density at radius 1 is 1.43 bits per heavy atom. The summed E-state index contributed by atoms with van der Waals surface area (Å²) in [6, 6.07) is -0.144. The van der Waals surface area contributed by atoms with Gasteiger partial charge in [-0.2, -0.15) is 17.0 Å². The molecule has 2 atom stereocenters. The predicted molar refractivity (Wildman–Crippen MR) is 56.0 cm³/mol. The highest BCUT2D eigenvalue weighted by atomic mass is 32.2. The smallest absolute Gasteiger partial charge is 0.281 e. The van der Waals surface area contributed by atoms with E-state index < -0.39 is 10.2 Å². The monoisotopic (exact) mass is 221 g/mol. The molecule has 0 radical (unpaired) electrons. The van der Waals surface area contributed by atoms with Crippen molar-refractivity contribution in [2.45, 2.75) is 31.8 Å². The second-order valence-corrected chi connectivity index (χ2v) is 6.04. The van der Waals surface area contributed by atoms with Crippen LogP contribution in [0.4, 0.5) is 0 Å². The quantitative estimate of drug-likeness (QED) is 0.690. The van der Waals surface area contributed by atoms with Crippen molar-refractivity contribution >= 4 is 10.2 Å². The zero-order valence-corrected chi connectivity index (χ0v) is 9.79. The predicted octanol–water partition coefficient (Wildman–Crippen LogP) is -0.396. The van der Waals surface area contributed by atoms with E-state index in [1.807, 2.05) is 6.92 Å². The van der Waals surface area contributed by atoms with Gasteiger partial charge in [0.2, 0.25) is 0 Å². The molecule has 0 aromatic heterocycles. The number of piperidine rings is 1. The highest BCUT2D eigenvalue weighted by molar-refractivity contribution is 7.86. The molecule has 1 rings (SSSR count). The lowest BCUT2D eigenvalue weighted by molar-refractivity contribution is 0.227. The van der Waals surface area contributed by atoms with Crippen molar-refractivity contribution in [3.63, 3.8) is 0 Å². The van der Waals surface area contributed by atoms with Crippen molar-refractivity contribution in [1.29, 1.82) is 0 Å². The number of rotatable bonds is 2. The minimum atomic E-state index is -3.30. The van der Waals surface area contributed by atoms with Gasteiger partial charge >= 0.3 is 0 Å². The number of nitrogens with zero attached hydrogens (tertiary/aromatic N) is 2. The van der Waals surface area contributed by atoms with E-state index in [0.29, 0.717) is 6.54 Å². The third kappa shape index (κ3) is 2.08. The maximum atomic E-state index is 11.8. The Balaban J connectivity index is 2.87. The van der Waals surface area contributed by atoms with Crippen molar-refractivity contribution in [1.82, 2.24) is 8.61 Å². The Hall–Kier alpha value is -0.170. The molecule has 0 unspecified atom stereocenters. The third-order valence-electron chi connectivity index (χ3n) is 2.75. The van der Waals surface area contributed by atoms with Crippen LogP contribution in [-0.2, 0) is 10.2 Å². The fraction of sp³-hybridized carbons (Fsp3) is 1.00. The average Bonchev–Trinajstić information content (AvgIpc) is 2.09. The van der Waals surface area contributed by atoms with Gasteiger partial charge < -0.3 is 5.73 Å². The molecule has 1 heterocycles. The first-order valence-electron chi connectivity index (χ1n) is 4.82. The molecule has 0 aliphatic carbocycles. The second-order valence-electron chi connectivity index (χ2n) is 3.95. The van der Waals surface area contributed by atoms with Gasteiger partial charge in [0, 0.05) is 32.7 Å². The van der Waals surface area contributed by atoms with Gasteiger partial charge in [-0.15, -0.1) is 0 Å². The highest BCUT2D eigenvalue weighted by Crippen LogP contribution is 2.20. The van der Waals surface area contributed by atoms with Gasteiger partial charge in [-0.3, -0.25) is 0 Å². The Bertz CT molecular complexity index is 289. The summed E-state index contributed by atoms with van der Waals surface area (Å²) in [5, 5.41) is 0. The molecule has 1 saturated heterocycles. The van der Waals surface area contributed by atoms with E-state index in [1.54, 1.807) is 14.1 Å². The van der Waals surface area contributed by atoms with Crippen LogP contribution in [0.1, 0.15) is 19.8 Å². The molecule has 0 aromatic carbocycles. The number of hydrogen-bond donors (Lipinski definition) is 1. The summed E-state index contributed by atoms with van der Waals surface area (Å²) >= 11 is 0. The van der Waals surface area contributed by atoms with Crippen LogP contribution in [0.5, 0.6) is 0 Å². The lowest BCUT2D eigenvalue weighted by Gasteiger charge is -2.37. The molecule has 1 aliphatic rings. The van der Waals surface area contributed by atoms with Gasteiger partial charge in [0.15, 0.2) is 0 Å². The van der Waals surface area contributed by atoms with Crippen LogP contribution in [-0.4, -0.2) is 49.8 Å². The van der Waals surface area contributed by atoms with Gasteiger partial charge in [-0.05, 0) is 19.8 Å². The van der Waals surface area contributed by atoms with Crippen LogP contribution in [0.15, 0.2) is 0 Å². The maximum absolute atomic E-state index is 11.8. The molecule has 6 heteroatoms. The van der Waals surface area contributed by atoms with Crippen molar-refractivity contribution < 1.29 is 8.42 Å². The van der Waals surface area contributed by atoms with Gasteiger partial charge in [0.1, 0.15) is 0 Å². The number of hydrogen-bond acceptors (Lipinski definition) is 3. The summed E-state index contributed by atoms with van der Waals surface area (Å²) in [4.78, 5) is 0. The first-order chi connectivity index (χ1) is 6.37. The number of nitrogens with two attached hydrogens (primary N) is 1. The minimum absolute atomic E-state index is 0.0431. The molecule has 0 saturated carbocycles. The van der Waals surface area contributed by atoms with E-state index in [9.17, 15) is 8.42 Å². The molecule has 0 amide bonds. The normalized spacial score (nSPS) is 30.9. The lowest BCUT2D eigenvalue weighted by Crippen LogP contribution is -2.55. The molecular formula is C8H19N3O2S. The Morgan fingerprint density at radius 3 is 2.50 bits per heavy atom. The Kier molecular flexibility index (Phi) is 3.52. The van der Waals surface area contributed by atoms with Crippen molar-refractivity contribution in [3.05, 3.63) is 0 Å². The zero-order chi connectivity index (χ0) is 10.9. The summed E-state index contributed by atoms with van der Waals surface area (Å²) in [6.45, 7) is 2.44. The molecule has 1 aliphatic heterocycles.